The number of aryl methyl sites for hydroxylation is 2. The fourth-order valence-corrected chi connectivity index (χ4v) is 3.99. The maximum absolute atomic E-state index is 4.57. The van der Waals surface area contributed by atoms with Gasteiger partial charge in [0.25, 0.3) is 0 Å². The molecule has 3 heteroatoms. The van der Waals surface area contributed by atoms with Gasteiger partial charge in [-0.1, -0.05) is 37.3 Å². The van der Waals surface area contributed by atoms with Gasteiger partial charge in [0.15, 0.2) is 0 Å². The normalized spacial score (nSPS) is 17.9. The lowest BCUT2D eigenvalue weighted by Crippen LogP contribution is -2.30. The molecule has 1 atom stereocenters. The number of hydrogen-bond acceptors (Lipinski definition) is 2. The molecule has 1 aliphatic rings. The van der Waals surface area contributed by atoms with Crippen LogP contribution in [0.2, 0.25) is 0 Å². The summed E-state index contributed by atoms with van der Waals surface area (Å²) in [7, 11) is 0. The molecule has 2 aromatic heterocycles. The van der Waals surface area contributed by atoms with Crippen LogP contribution < -0.4 is 0 Å². The number of pyridine rings is 1. The monoisotopic (exact) mass is 331 g/mol. The molecule has 4 rings (SSSR count). The number of aromatic nitrogens is 2. The number of hydrogen-bond donors (Lipinski definition) is 0. The zero-order chi connectivity index (χ0) is 17.1. The van der Waals surface area contributed by atoms with Gasteiger partial charge >= 0.3 is 0 Å². The summed E-state index contributed by atoms with van der Waals surface area (Å²) in [5, 5.41) is 0. The zero-order valence-corrected chi connectivity index (χ0v) is 14.8. The molecule has 0 amide bonds. The predicted molar refractivity (Wildman–Crippen MR) is 101 cm³/mol. The van der Waals surface area contributed by atoms with E-state index in [0.29, 0.717) is 0 Å². The molecule has 0 spiro atoms. The van der Waals surface area contributed by atoms with Crippen molar-refractivity contribution < 1.29 is 0 Å². The predicted octanol–water partition coefficient (Wildman–Crippen LogP) is 4.44. The van der Waals surface area contributed by atoms with E-state index in [1.54, 1.807) is 0 Å². The smallest absolute Gasteiger partial charge is 0.0762 e. The highest BCUT2D eigenvalue weighted by Gasteiger charge is 2.28. The Kier molecular flexibility index (Phi) is 4.66. The lowest BCUT2D eigenvalue weighted by molar-refractivity contribution is 0.217. The number of rotatable bonds is 4. The van der Waals surface area contributed by atoms with Crippen molar-refractivity contribution in [2.45, 2.75) is 38.9 Å². The number of fused-ring (bicyclic) bond motifs is 1. The van der Waals surface area contributed by atoms with Gasteiger partial charge in [0, 0.05) is 37.7 Å². The largest absolute Gasteiger partial charge is 0.350 e. The molecular formula is C22H25N3. The van der Waals surface area contributed by atoms with E-state index in [9.17, 15) is 0 Å². The lowest BCUT2D eigenvalue weighted by atomic mass is 9.95. The van der Waals surface area contributed by atoms with Crippen LogP contribution in [0.1, 0.15) is 41.9 Å². The third-order valence-electron chi connectivity index (χ3n) is 5.18. The molecule has 0 fully saturated rings. The summed E-state index contributed by atoms with van der Waals surface area (Å²) < 4.78 is 2.43. The van der Waals surface area contributed by atoms with Crippen LogP contribution in [-0.4, -0.2) is 21.0 Å². The van der Waals surface area contributed by atoms with Gasteiger partial charge in [-0.25, -0.2) is 0 Å². The minimum absolute atomic E-state index is 0.288. The molecule has 0 N–H and O–H groups in total. The van der Waals surface area contributed by atoms with Gasteiger partial charge in [0.05, 0.1) is 11.7 Å². The Morgan fingerprint density at radius 3 is 2.72 bits per heavy atom. The first-order valence-electron chi connectivity index (χ1n) is 9.23. The summed E-state index contributed by atoms with van der Waals surface area (Å²) in [6, 6.07) is 19.9. The minimum Gasteiger partial charge on any atom is -0.350 e. The molecule has 0 radical (unpaired) electrons. The number of nitrogens with zero attached hydrogens (tertiary/aromatic N) is 3. The molecule has 0 saturated heterocycles. The molecular weight excluding hydrogens is 306 g/mol. The highest BCUT2D eigenvalue weighted by molar-refractivity contribution is 5.36. The summed E-state index contributed by atoms with van der Waals surface area (Å²) >= 11 is 0. The fourth-order valence-electron chi connectivity index (χ4n) is 3.99. The van der Waals surface area contributed by atoms with Crippen LogP contribution in [0.4, 0.5) is 0 Å². The van der Waals surface area contributed by atoms with Crippen LogP contribution >= 0.6 is 0 Å². The Labute approximate surface area is 149 Å². The Morgan fingerprint density at radius 1 is 1.00 bits per heavy atom. The van der Waals surface area contributed by atoms with Crippen LogP contribution in [0.5, 0.6) is 0 Å². The highest BCUT2D eigenvalue weighted by Crippen LogP contribution is 2.34. The standard InChI is InChI=1S/C22H25N3/c1-2-18-9-3-4-11-20(18)22-21-12-7-14-24(21)15-8-16-25(22)17-19-10-5-6-13-23-19/h3-7,9-14,22H,2,8,15-17H2,1H3. The van der Waals surface area contributed by atoms with Gasteiger partial charge in [-0.15, -0.1) is 0 Å². The van der Waals surface area contributed by atoms with Crippen LogP contribution in [0.15, 0.2) is 67.0 Å². The molecule has 25 heavy (non-hydrogen) atoms. The number of benzene rings is 1. The van der Waals surface area contributed by atoms with Crippen molar-refractivity contribution in [1.29, 1.82) is 0 Å². The second-order valence-corrected chi connectivity index (χ2v) is 6.73. The molecule has 0 bridgehead atoms. The third-order valence-corrected chi connectivity index (χ3v) is 5.18. The van der Waals surface area contributed by atoms with Gasteiger partial charge < -0.3 is 4.57 Å². The second kappa shape index (κ2) is 7.24. The summed E-state index contributed by atoms with van der Waals surface area (Å²) in [5.74, 6) is 0. The van der Waals surface area contributed by atoms with E-state index in [4.69, 9.17) is 0 Å². The van der Waals surface area contributed by atoms with Gasteiger partial charge in [0.1, 0.15) is 0 Å². The van der Waals surface area contributed by atoms with Gasteiger partial charge in [-0.2, -0.15) is 0 Å². The zero-order valence-electron chi connectivity index (χ0n) is 14.8. The Balaban J connectivity index is 1.78. The molecule has 3 heterocycles. The first kappa shape index (κ1) is 16.1. The van der Waals surface area contributed by atoms with E-state index in [1.165, 1.54) is 23.2 Å². The maximum atomic E-state index is 4.57. The Bertz CT molecular complexity index is 822. The van der Waals surface area contributed by atoms with Crippen molar-refractivity contribution in [1.82, 2.24) is 14.5 Å². The topological polar surface area (TPSA) is 21.1 Å². The Hall–Kier alpha value is -2.39. The van der Waals surface area contributed by atoms with Gasteiger partial charge in [-0.3, -0.25) is 9.88 Å². The third kappa shape index (κ3) is 3.24. The van der Waals surface area contributed by atoms with Crippen molar-refractivity contribution in [3.63, 3.8) is 0 Å². The van der Waals surface area contributed by atoms with Crippen molar-refractivity contribution in [3.8, 4) is 0 Å². The second-order valence-electron chi connectivity index (χ2n) is 6.73. The quantitative estimate of drug-likeness (QED) is 0.705. The lowest BCUT2D eigenvalue weighted by Gasteiger charge is -2.31. The molecule has 3 nitrogen and oxygen atoms in total. The molecule has 3 aromatic rings. The summed E-state index contributed by atoms with van der Waals surface area (Å²) in [4.78, 5) is 7.16. The van der Waals surface area contributed by atoms with Crippen LogP contribution in [0.3, 0.4) is 0 Å². The van der Waals surface area contributed by atoms with E-state index in [1.807, 2.05) is 12.3 Å². The average Bonchev–Trinajstić information content (AvgIpc) is 3.04. The first-order chi connectivity index (χ1) is 12.4. The average molecular weight is 331 g/mol. The van der Waals surface area contributed by atoms with E-state index in [0.717, 1.165) is 31.7 Å². The first-order valence-corrected chi connectivity index (χ1v) is 9.23. The van der Waals surface area contributed by atoms with E-state index in [2.05, 4.69) is 76.1 Å². The molecule has 1 unspecified atom stereocenters. The SMILES string of the molecule is CCc1ccccc1C1c2cccn2CCCN1Cc1ccccn1. The van der Waals surface area contributed by atoms with Crippen molar-refractivity contribution >= 4 is 0 Å². The summed E-state index contributed by atoms with van der Waals surface area (Å²) in [5.41, 5.74) is 5.41. The van der Waals surface area contributed by atoms with E-state index >= 15 is 0 Å². The molecule has 128 valence electrons. The van der Waals surface area contributed by atoms with E-state index in [-0.39, 0.29) is 6.04 Å². The van der Waals surface area contributed by atoms with Crippen molar-refractivity contribution in [2.24, 2.45) is 0 Å². The summed E-state index contributed by atoms with van der Waals surface area (Å²) in [6.45, 7) is 5.30. The molecule has 0 aliphatic carbocycles. The molecule has 1 aliphatic heterocycles. The van der Waals surface area contributed by atoms with Crippen LogP contribution in [-0.2, 0) is 19.5 Å². The van der Waals surface area contributed by atoms with Gasteiger partial charge in [0.2, 0.25) is 0 Å². The van der Waals surface area contributed by atoms with E-state index < -0.39 is 0 Å². The minimum atomic E-state index is 0.288. The highest BCUT2D eigenvalue weighted by atomic mass is 15.2. The maximum Gasteiger partial charge on any atom is 0.0762 e. The van der Waals surface area contributed by atoms with Gasteiger partial charge in [-0.05, 0) is 48.2 Å². The summed E-state index contributed by atoms with van der Waals surface area (Å²) in [6.07, 6.45) is 6.34. The Morgan fingerprint density at radius 2 is 1.88 bits per heavy atom. The fraction of sp³-hybridized carbons (Fsp3) is 0.318. The van der Waals surface area contributed by atoms with Crippen molar-refractivity contribution in [2.75, 3.05) is 6.54 Å². The molecule has 1 aromatic carbocycles. The van der Waals surface area contributed by atoms with Crippen molar-refractivity contribution in [3.05, 3.63) is 89.5 Å². The van der Waals surface area contributed by atoms with Crippen LogP contribution in [0, 0.1) is 0 Å². The van der Waals surface area contributed by atoms with Crippen LogP contribution in [0.25, 0.3) is 0 Å². The molecule has 0 saturated carbocycles.